The summed E-state index contributed by atoms with van der Waals surface area (Å²) in [6, 6.07) is 7.91. The lowest BCUT2D eigenvalue weighted by molar-refractivity contribution is 0.0926. The standard InChI is InChI=1S/C10H11F2NO2S/c11-10(12)6-9(10,7-16(13,14)15)8-4-2-1-3-5-8/h1-5H,6-7H2,(H2,13,14,15). The van der Waals surface area contributed by atoms with E-state index in [1.807, 2.05) is 0 Å². The smallest absolute Gasteiger partial charge is 0.229 e. The van der Waals surface area contributed by atoms with Gasteiger partial charge in [-0.15, -0.1) is 0 Å². The minimum atomic E-state index is -3.92. The predicted octanol–water partition coefficient (Wildman–Crippen LogP) is 1.25. The quantitative estimate of drug-likeness (QED) is 0.873. The Labute approximate surface area is 92.3 Å². The molecule has 1 aliphatic carbocycles. The van der Waals surface area contributed by atoms with E-state index in [1.165, 1.54) is 12.1 Å². The van der Waals surface area contributed by atoms with Crippen LogP contribution < -0.4 is 5.14 Å². The summed E-state index contributed by atoms with van der Waals surface area (Å²) in [5.74, 6) is -3.70. The summed E-state index contributed by atoms with van der Waals surface area (Å²) in [5, 5.41) is 4.86. The number of hydrogen-bond acceptors (Lipinski definition) is 2. The summed E-state index contributed by atoms with van der Waals surface area (Å²) in [7, 11) is -3.92. The Morgan fingerprint density at radius 3 is 2.12 bits per heavy atom. The minimum Gasteiger partial charge on any atom is -0.229 e. The molecule has 1 unspecified atom stereocenters. The number of sulfonamides is 1. The maximum atomic E-state index is 13.3. The fourth-order valence-electron chi connectivity index (χ4n) is 1.99. The molecule has 0 heterocycles. The molecule has 6 heteroatoms. The molecule has 1 aromatic rings. The van der Waals surface area contributed by atoms with Gasteiger partial charge in [-0.2, -0.15) is 0 Å². The lowest BCUT2D eigenvalue weighted by atomic mass is 9.98. The molecule has 0 amide bonds. The molecule has 0 bridgehead atoms. The van der Waals surface area contributed by atoms with E-state index in [0.29, 0.717) is 5.56 Å². The number of benzene rings is 1. The highest BCUT2D eigenvalue weighted by molar-refractivity contribution is 7.89. The molecule has 0 aliphatic heterocycles. The fourth-order valence-corrected chi connectivity index (χ4v) is 3.16. The van der Waals surface area contributed by atoms with Gasteiger partial charge in [0.15, 0.2) is 0 Å². The third kappa shape index (κ3) is 1.82. The van der Waals surface area contributed by atoms with Gasteiger partial charge in [-0.1, -0.05) is 30.3 Å². The van der Waals surface area contributed by atoms with Crippen LogP contribution in [-0.2, 0) is 15.4 Å². The second kappa shape index (κ2) is 3.24. The van der Waals surface area contributed by atoms with Gasteiger partial charge in [-0.05, 0) is 5.56 Å². The molecule has 0 aromatic heterocycles. The molecule has 2 N–H and O–H groups in total. The van der Waals surface area contributed by atoms with Crippen molar-refractivity contribution in [1.29, 1.82) is 0 Å². The molecule has 1 fully saturated rings. The Balaban J connectivity index is 2.41. The minimum absolute atomic E-state index is 0.328. The molecule has 0 saturated heterocycles. The van der Waals surface area contributed by atoms with Gasteiger partial charge in [-0.25, -0.2) is 22.3 Å². The van der Waals surface area contributed by atoms with Gasteiger partial charge in [0.25, 0.3) is 5.92 Å². The van der Waals surface area contributed by atoms with Crippen molar-refractivity contribution in [3.63, 3.8) is 0 Å². The fraction of sp³-hybridized carbons (Fsp3) is 0.400. The Hall–Kier alpha value is -1.01. The zero-order valence-electron chi connectivity index (χ0n) is 8.36. The van der Waals surface area contributed by atoms with E-state index < -0.39 is 33.5 Å². The highest BCUT2D eigenvalue weighted by Crippen LogP contribution is 2.61. The van der Waals surface area contributed by atoms with Crippen molar-refractivity contribution in [3.05, 3.63) is 35.9 Å². The van der Waals surface area contributed by atoms with Crippen LogP contribution >= 0.6 is 0 Å². The van der Waals surface area contributed by atoms with Gasteiger partial charge in [0.1, 0.15) is 0 Å². The van der Waals surface area contributed by atoms with Crippen molar-refractivity contribution in [3.8, 4) is 0 Å². The molecule has 16 heavy (non-hydrogen) atoms. The molecule has 2 rings (SSSR count). The SMILES string of the molecule is NS(=O)(=O)CC1(c2ccccc2)CC1(F)F. The Morgan fingerprint density at radius 1 is 1.25 bits per heavy atom. The van der Waals surface area contributed by atoms with E-state index in [-0.39, 0.29) is 0 Å². The average Bonchev–Trinajstić information content (AvgIpc) is 2.68. The molecule has 1 aliphatic rings. The number of hydrogen-bond donors (Lipinski definition) is 1. The van der Waals surface area contributed by atoms with Crippen molar-refractivity contribution in [2.24, 2.45) is 5.14 Å². The molecule has 1 aromatic carbocycles. The Morgan fingerprint density at radius 2 is 1.75 bits per heavy atom. The van der Waals surface area contributed by atoms with E-state index in [4.69, 9.17) is 5.14 Å². The number of alkyl halides is 2. The summed E-state index contributed by atoms with van der Waals surface area (Å²) < 4.78 is 48.7. The highest BCUT2D eigenvalue weighted by atomic mass is 32.2. The van der Waals surface area contributed by atoms with Crippen molar-refractivity contribution in [2.75, 3.05) is 5.75 Å². The molecular weight excluding hydrogens is 236 g/mol. The second-order valence-corrected chi connectivity index (χ2v) is 5.75. The number of halogens is 2. The van der Waals surface area contributed by atoms with Crippen LogP contribution in [0.2, 0.25) is 0 Å². The highest BCUT2D eigenvalue weighted by Gasteiger charge is 2.72. The summed E-state index contributed by atoms with van der Waals surface area (Å²) in [4.78, 5) is 0. The van der Waals surface area contributed by atoms with Crippen LogP contribution in [0.25, 0.3) is 0 Å². The van der Waals surface area contributed by atoms with Gasteiger partial charge in [0, 0.05) is 6.42 Å². The number of primary sulfonamides is 1. The lowest BCUT2D eigenvalue weighted by Crippen LogP contribution is -2.31. The van der Waals surface area contributed by atoms with Crippen molar-refractivity contribution < 1.29 is 17.2 Å². The molecule has 0 radical (unpaired) electrons. The maximum Gasteiger partial charge on any atom is 0.260 e. The first-order valence-corrected chi connectivity index (χ1v) is 6.42. The van der Waals surface area contributed by atoms with Gasteiger partial charge < -0.3 is 0 Å². The first-order valence-electron chi connectivity index (χ1n) is 4.71. The van der Waals surface area contributed by atoms with E-state index in [9.17, 15) is 17.2 Å². The van der Waals surface area contributed by atoms with E-state index in [2.05, 4.69) is 0 Å². The zero-order chi connectivity index (χ0) is 12.0. The van der Waals surface area contributed by atoms with Crippen LogP contribution in [-0.4, -0.2) is 20.1 Å². The van der Waals surface area contributed by atoms with Crippen molar-refractivity contribution in [1.82, 2.24) is 0 Å². The molecular formula is C10H11F2NO2S. The third-order valence-electron chi connectivity index (χ3n) is 2.87. The molecule has 1 saturated carbocycles. The maximum absolute atomic E-state index is 13.3. The van der Waals surface area contributed by atoms with Crippen LogP contribution in [0.4, 0.5) is 8.78 Å². The molecule has 1 atom stereocenters. The average molecular weight is 247 g/mol. The molecule has 88 valence electrons. The third-order valence-corrected chi connectivity index (χ3v) is 3.77. The monoisotopic (exact) mass is 247 g/mol. The molecule has 3 nitrogen and oxygen atoms in total. The topological polar surface area (TPSA) is 60.2 Å². The Bertz CT molecular complexity index is 501. The summed E-state index contributed by atoms with van der Waals surface area (Å²) in [6.45, 7) is 0. The van der Waals surface area contributed by atoms with E-state index in [0.717, 1.165) is 0 Å². The zero-order valence-corrected chi connectivity index (χ0v) is 9.18. The normalized spacial score (nSPS) is 27.7. The van der Waals surface area contributed by atoms with Crippen LogP contribution in [0.5, 0.6) is 0 Å². The summed E-state index contributed by atoms with van der Waals surface area (Å²) in [6.07, 6.45) is -0.458. The molecule has 0 spiro atoms. The predicted molar refractivity (Wildman–Crippen MR) is 55.7 cm³/mol. The first-order chi connectivity index (χ1) is 7.27. The van der Waals surface area contributed by atoms with Gasteiger partial charge >= 0.3 is 0 Å². The van der Waals surface area contributed by atoms with Crippen molar-refractivity contribution >= 4 is 10.0 Å². The van der Waals surface area contributed by atoms with Gasteiger partial charge in [-0.3, -0.25) is 0 Å². The first kappa shape index (κ1) is 11.5. The number of rotatable bonds is 3. The summed E-state index contributed by atoms with van der Waals surface area (Å²) in [5.41, 5.74) is -1.30. The van der Waals surface area contributed by atoms with Gasteiger partial charge in [0.05, 0.1) is 11.2 Å². The van der Waals surface area contributed by atoms with Crippen LogP contribution in [0.3, 0.4) is 0 Å². The van der Waals surface area contributed by atoms with Crippen LogP contribution in [0.15, 0.2) is 30.3 Å². The van der Waals surface area contributed by atoms with Crippen LogP contribution in [0, 0.1) is 0 Å². The second-order valence-electron chi connectivity index (χ2n) is 4.14. The van der Waals surface area contributed by atoms with Gasteiger partial charge in [0.2, 0.25) is 10.0 Å². The Kier molecular flexibility index (Phi) is 2.32. The van der Waals surface area contributed by atoms with E-state index in [1.54, 1.807) is 18.2 Å². The van der Waals surface area contributed by atoms with Crippen molar-refractivity contribution in [2.45, 2.75) is 17.8 Å². The van der Waals surface area contributed by atoms with E-state index >= 15 is 0 Å². The van der Waals surface area contributed by atoms with Crippen LogP contribution in [0.1, 0.15) is 12.0 Å². The number of nitrogens with two attached hydrogens (primary N) is 1. The largest absolute Gasteiger partial charge is 0.260 e. The summed E-state index contributed by atoms with van der Waals surface area (Å²) >= 11 is 0. The lowest BCUT2D eigenvalue weighted by Gasteiger charge is -2.15.